The van der Waals surface area contributed by atoms with E-state index in [0.29, 0.717) is 13.2 Å². The van der Waals surface area contributed by atoms with Crippen LogP contribution >= 0.6 is 15.9 Å². The summed E-state index contributed by atoms with van der Waals surface area (Å²) in [5, 5.41) is 3.11. The molecular formula is C13H16BrNO. The molecule has 16 heavy (non-hydrogen) atoms. The van der Waals surface area contributed by atoms with Crippen LogP contribution in [0.15, 0.2) is 28.7 Å². The van der Waals surface area contributed by atoms with E-state index in [0.717, 1.165) is 16.6 Å². The van der Waals surface area contributed by atoms with Crippen molar-refractivity contribution in [2.24, 2.45) is 0 Å². The lowest BCUT2D eigenvalue weighted by molar-refractivity contribution is 0.0536. The fraction of sp³-hybridized carbons (Fsp3) is 0.385. The van der Waals surface area contributed by atoms with Crippen molar-refractivity contribution in [1.82, 2.24) is 5.32 Å². The van der Waals surface area contributed by atoms with Gasteiger partial charge in [0.15, 0.2) is 0 Å². The fourth-order valence-electron chi connectivity index (χ4n) is 1.25. The first-order valence-corrected chi connectivity index (χ1v) is 6.02. The van der Waals surface area contributed by atoms with Crippen LogP contribution in [-0.2, 0) is 11.3 Å². The van der Waals surface area contributed by atoms with Gasteiger partial charge in [-0.2, -0.15) is 0 Å². The van der Waals surface area contributed by atoms with Crippen LogP contribution in [-0.4, -0.2) is 19.2 Å². The molecule has 0 radical (unpaired) electrons. The quantitative estimate of drug-likeness (QED) is 0.639. The van der Waals surface area contributed by atoms with E-state index >= 15 is 0 Å². The minimum Gasteiger partial charge on any atom is -0.372 e. The van der Waals surface area contributed by atoms with Gasteiger partial charge in [-0.05, 0) is 18.6 Å². The molecule has 0 aromatic heterocycles. The van der Waals surface area contributed by atoms with E-state index in [1.807, 2.05) is 31.2 Å². The molecule has 0 heterocycles. The smallest absolute Gasteiger partial charge is 0.0732 e. The van der Waals surface area contributed by atoms with Gasteiger partial charge in [-0.25, -0.2) is 0 Å². The highest BCUT2D eigenvalue weighted by Crippen LogP contribution is 2.16. The Bertz CT molecular complexity index is 359. The minimum atomic E-state index is 0.153. The molecule has 1 N–H and O–H groups in total. The molecule has 1 atom stereocenters. The third kappa shape index (κ3) is 4.80. The second-order valence-corrected chi connectivity index (χ2v) is 4.40. The lowest BCUT2D eigenvalue weighted by Crippen LogP contribution is -2.27. The lowest BCUT2D eigenvalue weighted by Gasteiger charge is -2.13. The lowest BCUT2D eigenvalue weighted by atomic mass is 10.2. The van der Waals surface area contributed by atoms with Crippen LogP contribution in [0.3, 0.4) is 0 Å². The van der Waals surface area contributed by atoms with Crippen molar-refractivity contribution in [2.45, 2.75) is 19.6 Å². The average Bonchev–Trinajstić information content (AvgIpc) is 2.28. The van der Waals surface area contributed by atoms with Crippen LogP contribution in [0.1, 0.15) is 12.5 Å². The fourth-order valence-corrected chi connectivity index (χ4v) is 1.65. The van der Waals surface area contributed by atoms with Crippen molar-refractivity contribution < 1.29 is 4.74 Å². The molecule has 0 bridgehead atoms. The number of ether oxygens (including phenoxy) is 1. The van der Waals surface area contributed by atoms with Gasteiger partial charge < -0.3 is 10.1 Å². The van der Waals surface area contributed by atoms with E-state index in [9.17, 15) is 0 Å². The van der Waals surface area contributed by atoms with Crippen LogP contribution in [0.25, 0.3) is 0 Å². The number of hydrogen-bond donors (Lipinski definition) is 1. The Kier molecular flexibility index (Phi) is 6.17. The predicted molar refractivity (Wildman–Crippen MR) is 70.1 cm³/mol. The Labute approximate surface area is 106 Å². The highest BCUT2D eigenvalue weighted by Gasteiger charge is 2.03. The van der Waals surface area contributed by atoms with Crippen molar-refractivity contribution >= 4 is 15.9 Å². The van der Waals surface area contributed by atoms with Crippen LogP contribution in [0.5, 0.6) is 0 Å². The summed E-state index contributed by atoms with van der Waals surface area (Å²) in [7, 11) is 0. The molecule has 0 saturated heterocycles. The molecule has 0 aliphatic heterocycles. The van der Waals surface area contributed by atoms with Crippen molar-refractivity contribution in [2.75, 3.05) is 13.1 Å². The Balaban J connectivity index is 2.29. The normalized spacial score (nSPS) is 12.1. The number of halogens is 1. The Morgan fingerprint density at radius 1 is 1.50 bits per heavy atom. The van der Waals surface area contributed by atoms with E-state index in [1.54, 1.807) is 0 Å². The predicted octanol–water partition coefficient (Wildman–Crippen LogP) is 2.58. The highest BCUT2D eigenvalue weighted by atomic mass is 79.9. The number of nitrogens with one attached hydrogen (secondary N) is 1. The molecule has 0 amide bonds. The minimum absolute atomic E-state index is 0.153. The molecule has 86 valence electrons. The zero-order valence-corrected chi connectivity index (χ0v) is 11.0. The molecule has 0 fully saturated rings. The van der Waals surface area contributed by atoms with Crippen LogP contribution in [0.4, 0.5) is 0 Å². The molecule has 1 aromatic rings. The van der Waals surface area contributed by atoms with E-state index < -0.39 is 0 Å². The van der Waals surface area contributed by atoms with E-state index in [2.05, 4.69) is 27.2 Å². The van der Waals surface area contributed by atoms with Gasteiger partial charge in [-0.15, -0.1) is 6.42 Å². The highest BCUT2D eigenvalue weighted by molar-refractivity contribution is 9.10. The number of hydrogen-bond acceptors (Lipinski definition) is 2. The molecule has 0 spiro atoms. The van der Waals surface area contributed by atoms with Gasteiger partial charge in [0.25, 0.3) is 0 Å². The molecule has 3 heteroatoms. The first-order valence-electron chi connectivity index (χ1n) is 5.23. The summed E-state index contributed by atoms with van der Waals surface area (Å²) in [4.78, 5) is 0. The average molecular weight is 282 g/mol. The summed E-state index contributed by atoms with van der Waals surface area (Å²) < 4.78 is 6.78. The summed E-state index contributed by atoms with van der Waals surface area (Å²) >= 11 is 3.49. The summed E-state index contributed by atoms with van der Waals surface area (Å²) in [6.07, 6.45) is 5.29. The molecular weight excluding hydrogens is 266 g/mol. The van der Waals surface area contributed by atoms with Crippen LogP contribution < -0.4 is 5.32 Å². The Morgan fingerprint density at radius 3 is 2.94 bits per heavy atom. The third-order valence-corrected chi connectivity index (χ3v) is 2.91. The number of terminal acetylenes is 1. The summed E-state index contributed by atoms with van der Waals surface area (Å²) in [6.45, 7) is 4.00. The van der Waals surface area contributed by atoms with Gasteiger partial charge in [0, 0.05) is 11.0 Å². The maximum atomic E-state index is 5.69. The summed E-state index contributed by atoms with van der Waals surface area (Å²) in [5.74, 6) is 2.53. The monoisotopic (exact) mass is 281 g/mol. The van der Waals surface area contributed by atoms with Gasteiger partial charge in [0.05, 0.1) is 19.3 Å². The van der Waals surface area contributed by atoms with E-state index in [1.165, 1.54) is 0 Å². The zero-order chi connectivity index (χ0) is 11.8. The summed E-state index contributed by atoms with van der Waals surface area (Å²) in [6, 6.07) is 8.06. The SMILES string of the molecule is C#CCNCC(C)OCc1ccccc1Br. The second kappa shape index (κ2) is 7.45. The van der Waals surface area contributed by atoms with Crippen LogP contribution in [0.2, 0.25) is 0 Å². The van der Waals surface area contributed by atoms with Gasteiger partial charge >= 0.3 is 0 Å². The van der Waals surface area contributed by atoms with Gasteiger partial charge in [-0.1, -0.05) is 40.0 Å². The van der Waals surface area contributed by atoms with Crippen molar-refractivity contribution in [3.05, 3.63) is 34.3 Å². The molecule has 1 unspecified atom stereocenters. The second-order valence-electron chi connectivity index (χ2n) is 3.55. The van der Waals surface area contributed by atoms with Crippen molar-refractivity contribution in [3.63, 3.8) is 0 Å². The zero-order valence-electron chi connectivity index (χ0n) is 9.37. The number of benzene rings is 1. The third-order valence-electron chi connectivity index (χ3n) is 2.14. The summed E-state index contributed by atoms with van der Waals surface area (Å²) in [5.41, 5.74) is 1.16. The van der Waals surface area contributed by atoms with Crippen molar-refractivity contribution in [1.29, 1.82) is 0 Å². The van der Waals surface area contributed by atoms with E-state index in [4.69, 9.17) is 11.2 Å². The molecule has 0 aliphatic rings. The largest absolute Gasteiger partial charge is 0.372 e. The molecule has 1 aromatic carbocycles. The standard InChI is InChI=1S/C13H16BrNO/c1-3-8-15-9-11(2)16-10-12-6-4-5-7-13(12)14/h1,4-7,11,15H,8-10H2,2H3. The topological polar surface area (TPSA) is 21.3 Å². The molecule has 0 saturated carbocycles. The van der Waals surface area contributed by atoms with Crippen LogP contribution in [0, 0.1) is 12.3 Å². The molecule has 1 rings (SSSR count). The Hall–Kier alpha value is -0.820. The van der Waals surface area contributed by atoms with E-state index in [-0.39, 0.29) is 6.10 Å². The first kappa shape index (κ1) is 13.2. The number of rotatable bonds is 6. The first-order chi connectivity index (χ1) is 7.74. The maximum absolute atomic E-state index is 5.69. The molecule has 2 nitrogen and oxygen atoms in total. The van der Waals surface area contributed by atoms with Gasteiger partial charge in [-0.3, -0.25) is 0 Å². The molecule has 0 aliphatic carbocycles. The van der Waals surface area contributed by atoms with Gasteiger partial charge in [0.1, 0.15) is 0 Å². The Morgan fingerprint density at radius 2 is 2.25 bits per heavy atom. The van der Waals surface area contributed by atoms with Gasteiger partial charge in [0.2, 0.25) is 0 Å². The maximum Gasteiger partial charge on any atom is 0.0732 e. The van der Waals surface area contributed by atoms with Crippen molar-refractivity contribution in [3.8, 4) is 12.3 Å².